The number of hydrogen-bond acceptors (Lipinski definition) is 9. The molecule has 5 heterocycles. The van der Waals surface area contributed by atoms with Crippen molar-refractivity contribution >= 4 is 34.4 Å². The summed E-state index contributed by atoms with van der Waals surface area (Å²) in [6.07, 6.45) is 3.65. The lowest BCUT2D eigenvalue weighted by Crippen LogP contribution is -2.54. The minimum absolute atomic E-state index is 0.0393. The molecule has 240 valence electrons. The monoisotopic (exact) mass is 650 g/mol. The van der Waals surface area contributed by atoms with Crippen LogP contribution in [0.4, 0.5) is 14.6 Å². The van der Waals surface area contributed by atoms with Gasteiger partial charge in [0.1, 0.15) is 29.1 Å². The Bertz CT molecular complexity index is 1940. The Labute approximate surface area is 268 Å². The van der Waals surface area contributed by atoms with Crippen LogP contribution in [-0.2, 0) is 30.8 Å². The lowest BCUT2D eigenvalue weighted by molar-refractivity contribution is -0.126. The first-order valence-corrected chi connectivity index (χ1v) is 15.5. The molecule has 1 atom stereocenters. The number of fused-ring (bicyclic) bond motifs is 5. The molecule has 1 N–H and O–H groups in total. The van der Waals surface area contributed by atoms with Gasteiger partial charge in [-0.2, -0.15) is 4.98 Å². The zero-order valence-corrected chi connectivity index (χ0v) is 26.7. The van der Waals surface area contributed by atoms with E-state index in [0.29, 0.717) is 60.7 Å². The van der Waals surface area contributed by atoms with E-state index < -0.39 is 17.3 Å². The molecule has 2 aliphatic heterocycles. The van der Waals surface area contributed by atoms with Gasteiger partial charge in [0.15, 0.2) is 23.2 Å². The van der Waals surface area contributed by atoms with Crippen molar-refractivity contribution in [3.63, 3.8) is 0 Å². The van der Waals surface area contributed by atoms with Crippen LogP contribution in [0.1, 0.15) is 43.3 Å². The number of halogens is 3. The van der Waals surface area contributed by atoms with Gasteiger partial charge in [0.25, 0.3) is 0 Å². The van der Waals surface area contributed by atoms with E-state index in [1.165, 1.54) is 17.0 Å². The van der Waals surface area contributed by atoms with Gasteiger partial charge in [0.05, 0.1) is 22.6 Å². The van der Waals surface area contributed by atoms with Gasteiger partial charge in [-0.05, 0) is 44.5 Å². The number of benzene rings is 1. The maximum absolute atomic E-state index is 15.8. The second-order valence-electron chi connectivity index (χ2n) is 11.2. The fraction of sp³-hybridized carbons (Fsp3) is 0.375. The van der Waals surface area contributed by atoms with E-state index in [1.54, 1.807) is 11.9 Å². The van der Waals surface area contributed by atoms with E-state index >= 15 is 8.78 Å². The smallest absolute Gasteiger partial charge is 0.354 e. The Kier molecular flexibility index (Phi) is 8.47. The Morgan fingerprint density at radius 1 is 1.17 bits per heavy atom. The lowest BCUT2D eigenvalue weighted by Gasteiger charge is -2.40. The summed E-state index contributed by atoms with van der Waals surface area (Å²) in [6.45, 7) is 10.5. The molecular weight excluding hydrogens is 618 g/mol. The third kappa shape index (κ3) is 4.98. The molecule has 2 aliphatic rings. The first-order chi connectivity index (χ1) is 22.1. The van der Waals surface area contributed by atoms with Crippen LogP contribution in [0.15, 0.2) is 29.8 Å². The minimum Gasteiger partial charge on any atom is -0.486 e. The number of amides is 1. The van der Waals surface area contributed by atoms with E-state index in [9.17, 15) is 9.59 Å². The van der Waals surface area contributed by atoms with E-state index in [-0.39, 0.29) is 64.0 Å². The number of carbonyl (C=O) groups excluding carboxylic acids is 1. The van der Waals surface area contributed by atoms with Gasteiger partial charge in [-0.25, -0.2) is 28.5 Å². The first kappa shape index (κ1) is 31.5. The van der Waals surface area contributed by atoms with Gasteiger partial charge in [0, 0.05) is 43.3 Å². The molecule has 1 fully saturated rings. The zero-order chi connectivity index (χ0) is 32.9. The van der Waals surface area contributed by atoms with E-state index in [0.717, 1.165) is 6.07 Å². The number of carbonyl (C=O) groups is 1. The van der Waals surface area contributed by atoms with E-state index in [4.69, 9.17) is 21.3 Å². The molecule has 1 aromatic carbocycles. The maximum atomic E-state index is 15.8. The lowest BCUT2D eigenvalue weighted by atomic mass is 9.92. The van der Waals surface area contributed by atoms with Crippen LogP contribution in [0.2, 0.25) is 5.15 Å². The fourth-order valence-corrected chi connectivity index (χ4v) is 6.68. The number of aryl methyl sites for hydroxylation is 2. The van der Waals surface area contributed by atoms with Crippen molar-refractivity contribution in [1.29, 1.82) is 0 Å². The molecule has 46 heavy (non-hydrogen) atoms. The average Bonchev–Trinajstić information content (AvgIpc) is 3.06. The zero-order valence-electron chi connectivity index (χ0n) is 26.0. The Hall–Kier alpha value is -4.49. The highest BCUT2D eigenvalue weighted by Crippen LogP contribution is 2.49. The highest BCUT2D eigenvalue weighted by molar-refractivity contribution is 6.33. The van der Waals surface area contributed by atoms with Crippen LogP contribution in [0.25, 0.3) is 27.8 Å². The van der Waals surface area contributed by atoms with Crippen molar-refractivity contribution in [2.45, 2.75) is 52.8 Å². The minimum atomic E-state index is -1.09. The average molecular weight is 651 g/mol. The van der Waals surface area contributed by atoms with Crippen LogP contribution < -0.4 is 20.6 Å². The Balaban J connectivity index is 1.72. The quantitative estimate of drug-likeness (QED) is 0.233. The highest BCUT2D eigenvalue weighted by atomic mass is 35.5. The molecule has 11 nitrogen and oxygen atoms in total. The number of ether oxygens (including phenoxy) is 1. The van der Waals surface area contributed by atoms with Crippen LogP contribution in [0, 0.1) is 11.6 Å². The van der Waals surface area contributed by atoms with Gasteiger partial charge in [0.2, 0.25) is 5.91 Å². The molecule has 0 radical (unpaired) electrons. The summed E-state index contributed by atoms with van der Waals surface area (Å²) < 4.78 is 38.6. The van der Waals surface area contributed by atoms with Gasteiger partial charge in [-0.3, -0.25) is 9.36 Å². The normalized spacial score (nSPS) is 15.8. The maximum Gasteiger partial charge on any atom is 0.354 e. The van der Waals surface area contributed by atoms with Gasteiger partial charge >= 0.3 is 5.69 Å². The molecule has 0 spiro atoms. The molecule has 6 rings (SSSR count). The number of aromatic nitrogens is 5. The van der Waals surface area contributed by atoms with Gasteiger partial charge in [-0.15, -0.1) is 0 Å². The van der Waals surface area contributed by atoms with Crippen molar-refractivity contribution in [1.82, 2.24) is 34.7 Å². The standard InChI is InChI=1S/C32H33ClF2N8O3/c1-6-20-27(21(7-2)38-15-37-20)43-28-26(31(40-32(43)45)42-10-9-41(13-16(42)4)22(44)8-3)39-30(33)24-23-18(14-46-29(24)28)17(12-36-5)11-19(34)25(23)35/h8,11,15-16,36H,3,6-7,9-10,12-14H2,1-2,4-5H3/t16-/m0/s1. The molecule has 1 saturated heterocycles. The third-order valence-electron chi connectivity index (χ3n) is 8.56. The SMILES string of the molecule is C=CC(=O)N1CCN(c2nc(=O)n(-c3c(CC)ncnc3CC)c3c4c(c(Cl)nc23)-c2c(F)c(F)cc(CNC)c2CO4)[C@@H](C)C1. The van der Waals surface area contributed by atoms with Gasteiger partial charge < -0.3 is 19.9 Å². The predicted molar refractivity (Wildman–Crippen MR) is 171 cm³/mol. The van der Waals surface area contributed by atoms with Crippen LogP contribution >= 0.6 is 11.6 Å². The third-order valence-corrected chi connectivity index (χ3v) is 8.84. The van der Waals surface area contributed by atoms with Crippen LogP contribution in [-0.4, -0.2) is 68.0 Å². The number of pyridine rings is 1. The summed E-state index contributed by atoms with van der Waals surface area (Å²) >= 11 is 6.87. The second kappa shape index (κ2) is 12.4. The van der Waals surface area contributed by atoms with Crippen molar-refractivity contribution in [2.24, 2.45) is 0 Å². The molecule has 0 unspecified atom stereocenters. The molecule has 4 aromatic rings. The van der Waals surface area contributed by atoms with E-state index in [1.807, 2.05) is 25.7 Å². The fourth-order valence-electron chi connectivity index (χ4n) is 6.41. The molecule has 0 bridgehead atoms. The van der Waals surface area contributed by atoms with Crippen molar-refractivity contribution in [2.75, 3.05) is 31.6 Å². The summed E-state index contributed by atoms with van der Waals surface area (Å²) in [5, 5.41) is 2.84. The van der Waals surface area contributed by atoms with Gasteiger partial charge in [-0.1, -0.05) is 32.0 Å². The van der Waals surface area contributed by atoms with E-state index in [2.05, 4.69) is 26.8 Å². The molecule has 14 heteroatoms. The summed E-state index contributed by atoms with van der Waals surface area (Å²) in [5.74, 6) is -2.02. The second-order valence-corrected chi connectivity index (χ2v) is 11.6. The topological polar surface area (TPSA) is 118 Å². The summed E-state index contributed by atoms with van der Waals surface area (Å²) in [6, 6.07) is 0.870. The molecule has 0 aliphatic carbocycles. The first-order valence-electron chi connectivity index (χ1n) is 15.1. The van der Waals surface area contributed by atoms with Crippen LogP contribution in [0.3, 0.4) is 0 Å². The van der Waals surface area contributed by atoms with Crippen molar-refractivity contribution in [3.8, 4) is 22.6 Å². The number of nitrogens with zero attached hydrogens (tertiary/aromatic N) is 7. The number of piperazine rings is 1. The Morgan fingerprint density at radius 3 is 2.52 bits per heavy atom. The largest absolute Gasteiger partial charge is 0.486 e. The van der Waals surface area contributed by atoms with Crippen molar-refractivity contribution in [3.05, 3.63) is 74.8 Å². The Morgan fingerprint density at radius 2 is 1.89 bits per heavy atom. The number of anilines is 1. The number of rotatable bonds is 7. The molecule has 3 aromatic heterocycles. The van der Waals surface area contributed by atoms with Crippen molar-refractivity contribution < 1.29 is 18.3 Å². The predicted octanol–water partition coefficient (Wildman–Crippen LogP) is 4.13. The molecule has 0 saturated carbocycles. The summed E-state index contributed by atoms with van der Waals surface area (Å²) in [5.41, 5.74) is 2.26. The highest BCUT2D eigenvalue weighted by Gasteiger charge is 2.36. The number of nitrogens with one attached hydrogen (secondary N) is 1. The number of hydrogen-bond donors (Lipinski definition) is 1. The summed E-state index contributed by atoms with van der Waals surface area (Å²) in [7, 11) is 1.70. The molecule has 1 amide bonds. The summed E-state index contributed by atoms with van der Waals surface area (Å²) in [4.78, 5) is 48.4. The molecular formula is C32H33ClF2N8O3. The van der Waals surface area contributed by atoms with Crippen LogP contribution in [0.5, 0.6) is 5.75 Å².